The summed E-state index contributed by atoms with van der Waals surface area (Å²) in [4.78, 5) is 24.9. The number of ether oxygens (including phenoxy) is 1. The highest BCUT2D eigenvalue weighted by Gasteiger charge is 2.18. The SMILES string of the molecule is CC[C@@H](C)SC(=NCc1cccc(-c2cncnc2)c1)NC(=O)OC(C)(C)C. The average Bonchev–Trinajstić information content (AvgIpc) is 2.65. The van der Waals surface area contributed by atoms with Gasteiger partial charge in [0.05, 0.1) is 6.54 Å². The number of aliphatic imine (C=N–C) groups is 1. The fourth-order valence-electron chi connectivity index (χ4n) is 2.23. The number of nitrogens with zero attached hydrogens (tertiary/aromatic N) is 3. The third-order valence-corrected chi connectivity index (χ3v) is 4.91. The molecule has 1 amide bonds. The molecule has 2 aromatic rings. The minimum absolute atomic E-state index is 0.335. The van der Waals surface area contributed by atoms with Gasteiger partial charge in [-0.05, 0) is 44.4 Å². The van der Waals surface area contributed by atoms with Crippen LogP contribution in [-0.2, 0) is 11.3 Å². The van der Waals surface area contributed by atoms with Crippen LogP contribution < -0.4 is 5.32 Å². The summed E-state index contributed by atoms with van der Waals surface area (Å²) in [6.45, 7) is 10.2. The summed E-state index contributed by atoms with van der Waals surface area (Å²) < 4.78 is 5.35. The number of thioether (sulfide) groups is 1. The molecular formula is C21H28N4O2S. The van der Waals surface area contributed by atoms with E-state index in [-0.39, 0.29) is 0 Å². The second-order valence-corrected chi connectivity index (χ2v) is 8.84. The summed E-state index contributed by atoms with van der Waals surface area (Å²) in [5.41, 5.74) is 2.47. The van der Waals surface area contributed by atoms with E-state index < -0.39 is 11.7 Å². The fraction of sp³-hybridized carbons (Fsp3) is 0.429. The molecule has 1 aromatic carbocycles. The quantitative estimate of drug-likeness (QED) is 0.561. The standard InChI is InChI=1S/C21H28N4O2S/c1-6-15(2)28-19(25-20(26)27-21(3,4)5)24-11-16-8-7-9-17(10-16)18-12-22-14-23-13-18/h7-10,12-15H,6,11H2,1-5H3,(H,24,25,26)/t15-/m1/s1. The van der Waals surface area contributed by atoms with E-state index in [9.17, 15) is 4.79 Å². The maximum atomic E-state index is 12.1. The topological polar surface area (TPSA) is 76.5 Å². The molecule has 28 heavy (non-hydrogen) atoms. The molecule has 1 atom stereocenters. The molecule has 2 rings (SSSR count). The van der Waals surface area contributed by atoms with Crippen molar-refractivity contribution in [3.8, 4) is 11.1 Å². The molecule has 7 heteroatoms. The number of amidine groups is 1. The van der Waals surface area contributed by atoms with Crippen LogP contribution in [0.25, 0.3) is 11.1 Å². The number of amides is 1. The molecule has 6 nitrogen and oxygen atoms in total. The van der Waals surface area contributed by atoms with Crippen molar-refractivity contribution < 1.29 is 9.53 Å². The monoisotopic (exact) mass is 400 g/mol. The van der Waals surface area contributed by atoms with Crippen LogP contribution in [0.5, 0.6) is 0 Å². The van der Waals surface area contributed by atoms with E-state index in [2.05, 4.69) is 40.2 Å². The number of carbonyl (C=O) groups is 1. The third kappa shape index (κ3) is 7.68. The summed E-state index contributed by atoms with van der Waals surface area (Å²) in [5, 5.41) is 3.69. The van der Waals surface area contributed by atoms with Gasteiger partial charge in [0.2, 0.25) is 0 Å². The van der Waals surface area contributed by atoms with Gasteiger partial charge < -0.3 is 4.74 Å². The first kappa shape index (κ1) is 21.9. The van der Waals surface area contributed by atoms with Crippen molar-refractivity contribution in [1.82, 2.24) is 15.3 Å². The number of aromatic nitrogens is 2. The van der Waals surface area contributed by atoms with Gasteiger partial charge in [-0.2, -0.15) is 0 Å². The van der Waals surface area contributed by atoms with Crippen molar-refractivity contribution in [2.45, 2.75) is 58.4 Å². The lowest BCUT2D eigenvalue weighted by molar-refractivity contribution is 0.0564. The van der Waals surface area contributed by atoms with E-state index in [1.807, 2.05) is 39.0 Å². The molecule has 0 fully saturated rings. The van der Waals surface area contributed by atoms with Gasteiger partial charge in [0.15, 0.2) is 5.17 Å². The minimum atomic E-state index is -0.553. The number of carbonyl (C=O) groups excluding carboxylic acids is 1. The van der Waals surface area contributed by atoms with Crippen molar-refractivity contribution in [1.29, 1.82) is 0 Å². The second-order valence-electron chi connectivity index (χ2n) is 7.41. The molecule has 0 radical (unpaired) electrons. The minimum Gasteiger partial charge on any atom is -0.444 e. The highest BCUT2D eigenvalue weighted by Crippen LogP contribution is 2.20. The highest BCUT2D eigenvalue weighted by molar-refractivity contribution is 8.14. The van der Waals surface area contributed by atoms with Gasteiger partial charge in [-0.15, -0.1) is 0 Å². The number of rotatable bonds is 5. The van der Waals surface area contributed by atoms with E-state index in [4.69, 9.17) is 4.74 Å². The summed E-state index contributed by atoms with van der Waals surface area (Å²) in [6, 6.07) is 8.06. The lowest BCUT2D eigenvalue weighted by Gasteiger charge is -2.20. The predicted molar refractivity (Wildman–Crippen MR) is 115 cm³/mol. The largest absolute Gasteiger partial charge is 0.444 e. The van der Waals surface area contributed by atoms with Crippen LogP contribution in [-0.4, -0.2) is 32.1 Å². The molecule has 0 unspecified atom stereocenters. The Hall–Kier alpha value is -2.41. The molecular weight excluding hydrogens is 372 g/mol. The first-order valence-electron chi connectivity index (χ1n) is 9.32. The summed E-state index contributed by atoms with van der Waals surface area (Å²) in [7, 11) is 0. The Morgan fingerprint density at radius 1 is 1.25 bits per heavy atom. The van der Waals surface area contributed by atoms with Crippen LogP contribution in [0, 0.1) is 0 Å². The van der Waals surface area contributed by atoms with E-state index in [1.165, 1.54) is 18.1 Å². The summed E-state index contributed by atoms with van der Waals surface area (Å²) in [6.07, 6.45) is 5.56. The van der Waals surface area contributed by atoms with Crippen LogP contribution in [0.4, 0.5) is 4.79 Å². The normalized spacial score (nSPS) is 13.1. The van der Waals surface area contributed by atoms with Gasteiger partial charge in [0.25, 0.3) is 0 Å². The number of alkyl carbamates (subject to hydrolysis) is 1. The lowest BCUT2D eigenvalue weighted by atomic mass is 10.1. The Bertz CT molecular complexity index is 804. The molecule has 0 spiro atoms. The Morgan fingerprint density at radius 2 is 1.96 bits per heavy atom. The molecule has 0 saturated heterocycles. The first-order chi connectivity index (χ1) is 13.3. The summed E-state index contributed by atoms with van der Waals surface area (Å²) in [5.74, 6) is 0. The maximum Gasteiger partial charge on any atom is 0.413 e. The van der Waals surface area contributed by atoms with Gasteiger partial charge in [0, 0.05) is 23.2 Å². The van der Waals surface area contributed by atoms with Gasteiger partial charge >= 0.3 is 6.09 Å². The van der Waals surface area contributed by atoms with Gasteiger partial charge in [-0.3, -0.25) is 10.3 Å². The van der Waals surface area contributed by atoms with Crippen LogP contribution in [0.1, 0.15) is 46.6 Å². The average molecular weight is 401 g/mol. The molecule has 1 aromatic heterocycles. The van der Waals surface area contributed by atoms with Crippen LogP contribution in [0.2, 0.25) is 0 Å². The summed E-state index contributed by atoms with van der Waals surface area (Å²) >= 11 is 1.54. The van der Waals surface area contributed by atoms with Crippen molar-refractivity contribution in [3.05, 3.63) is 48.5 Å². The van der Waals surface area contributed by atoms with E-state index in [1.54, 1.807) is 12.4 Å². The molecule has 0 bridgehead atoms. The van der Waals surface area contributed by atoms with Crippen LogP contribution in [0.15, 0.2) is 48.0 Å². The smallest absolute Gasteiger partial charge is 0.413 e. The molecule has 0 saturated carbocycles. The Kier molecular flexibility index (Phi) is 7.99. The Labute approximate surface area is 171 Å². The van der Waals surface area contributed by atoms with Crippen molar-refractivity contribution in [3.63, 3.8) is 0 Å². The Balaban J connectivity index is 2.14. The molecule has 1 N–H and O–H groups in total. The number of hydrogen-bond acceptors (Lipinski definition) is 6. The zero-order valence-electron chi connectivity index (χ0n) is 17.1. The van der Waals surface area contributed by atoms with Crippen LogP contribution in [0.3, 0.4) is 0 Å². The van der Waals surface area contributed by atoms with Gasteiger partial charge in [0.1, 0.15) is 11.9 Å². The first-order valence-corrected chi connectivity index (χ1v) is 10.2. The van der Waals surface area contributed by atoms with Crippen molar-refractivity contribution >= 4 is 23.0 Å². The number of hydrogen-bond donors (Lipinski definition) is 1. The highest BCUT2D eigenvalue weighted by atomic mass is 32.2. The van der Waals surface area contributed by atoms with Crippen LogP contribution >= 0.6 is 11.8 Å². The van der Waals surface area contributed by atoms with Gasteiger partial charge in [-0.1, -0.05) is 43.8 Å². The second kappa shape index (κ2) is 10.2. The fourth-order valence-corrected chi connectivity index (χ4v) is 3.06. The zero-order valence-corrected chi connectivity index (χ0v) is 17.9. The third-order valence-electron chi connectivity index (χ3n) is 3.72. The maximum absolute atomic E-state index is 12.1. The van der Waals surface area contributed by atoms with Crippen molar-refractivity contribution in [2.75, 3.05) is 0 Å². The van der Waals surface area contributed by atoms with E-state index in [0.29, 0.717) is 17.0 Å². The molecule has 0 aliphatic rings. The van der Waals surface area contributed by atoms with Gasteiger partial charge in [-0.25, -0.2) is 14.8 Å². The lowest BCUT2D eigenvalue weighted by Crippen LogP contribution is -2.35. The number of benzene rings is 1. The number of nitrogens with one attached hydrogen (secondary N) is 1. The zero-order chi connectivity index (χ0) is 20.6. The van der Waals surface area contributed by atoms with Crippen molar-refractivity contribution in [2.24, 2.45) is 4.99 Å². The van der Waals surface area contributed by atoms with E-state index in [0.717, 1.165) is 23.1 Å². The molecule has 1 heterocycles. The molecule has 0 aliphatic heterocycles. The predicted octanol–water partition coefficient (Wildman–Crippen LogP) is 5.06. The van der Waals surface area contributed by atoms with E-state index >= 15 is 0 Å². The Morgan fingerprint density at radius 3 is 2.61 bits per heavy atom. The molecule has 0 aliphatic carbocycles. The molecule has 150 valence electrons.